The van der Waals surface area contributed by atoms with Crippen LogP contribution in [0.1, 0.15) is 5.69 Å². The average Bonchev–Trinajstić information content (AvgIpc) is 2.39. The molecule has 0 unspecified atom stereocenters. The van der Waals surface area contributed by atoms with Gasteiger partial charge < -0.3 is 10.6 Å². The Hall–Kier alpha value is -2.14. The van der Waals surface area contributed by atoms with Crippen molar-refractivity contribution in [2.45, 2.75) is 6.92 Å². The number of hydrogen-bond acceptors (Lipinski definition) is 4. The van der Waals surface area contributed by atoms with Crippen LogP contribution in [-0.4, -0.2) is 21.8 Å². The van der Waals surface area contributed by atoms with Crippen molar-refractivity contribution in [1.82, 2.24) is 9.97 Å². The summed E-state index contributed by atoms with van der Waals surface area (Å²) < 4.78 is 0. The maximum atomic E-state index is 11.2. The van der Waals surface area contributed by atoms with Gasteiger partial charge >= 0.3 is 0 Å². The van der Waals surface area contributed by atoms with Gasteiger partial charge in [-0.3, -0.25) is 4.79 Å². The van der Waals surface area contributed by atoms with E-state index in [1.54, 1.807) is 6.07 Å². The SMILES string of the molecule is Cc1cc(Nc2cccc(NC(=O)CCl)c2)ncn1. The van der Waals surface area contributed by atoms with E-state index in [2.05, 4.69) is 20.6 Å². The molecule has 5 nitrogen and oxygen atoms in total. The lowest BCUT2D eigenvalue weighted by Gasteiger charge is -2.08. The maximum Gasteiger partial charge on any atom is 0.239 e. The minimum Gasteiger partial charge on any atom is -0.340 e. The Morgan fingerprint density at radius 1 is 1.26 bits per heavy atom. The maximum absolute atomic E-state index is 11.2. The number of nitrogens with one attached hydrogen (secondary N) is 2. The highest BCUT2D eigenvalue weighted by Gasteiger charge is 2.02. The van der Waals surface area contributed by atoms with Crippen molar-refractivity contribution < 1.29 is 4.79 Å². The van der Waals surface area contributed by atoms with E-state index >= 15 is 0 Å². The molecule has 0 saturated carbocycles. The fourth-order valence-electron chi connectivity index (χ4n) is 1.54. The molecule has 1 aromatic carbocycles. The van der Waals surface area contributed by atoms with Gasteiger partial charge in [-0.1, -0.05) is 6.07 Å². The molecule has 2 rings (SSSR count). The highest BCUT2D eigenvalue weighted by Crippen LogP contribution is 2.18. The van der Waals surface area contributed by atoms with Crippen LogP contribution in [0.3, 0.4) is 0 Å². The molecule has 0 aliphatic heterocycles. The molecule has 98 valence electrons. The van der Waals surface area contributed by atoms with E-state index in [9.17, 15) is 4.79 Å². The first-order valence-corrected chi connectivity index (χ1v) is 6.22. The Morgan fingerprint density at radius 2 is 2.05 bits per heavy atom. The molecule has 2 aromatic rings. The first kappa shape index (κ1) is 13.3. The summed E-state index contributed by atoms with van der Waals surface area (Å²) in [6.45, 7) is 1.89. The monoisotopic (exact) mass is 276 g/mol. The molecule has 1 amide bonds. The summed E-state index contributed by atoms with van der Waals surface area (Å²) in [5.41, 5.74) is 2.39. The number of nitrogens with zero attached hydrogens (tertiary/aromatic N) is 2. The van der Waals surface area contributed by atoms with E-state index in [4.69, 9.17) is 11.6 Å². The molecule has 0 aliphatic rings. The Kier molecular flexibility index (Phi) is 4.30. The molecular formula is C13H13ClN4O. The third kappa shape index (κ3) is 3.93. The molecule has 0 bridgehead atoms. The largest absolute Gasteiger partial charge is 0.340 e. The third-order valence-corrected chi connectivity index (χ3v) is 2.59. The number of aromatic nitrogens is 2. The van der Waals surface area contributed by atoms with Gasteiger partial charge in [0.1, 0.15) is 18.0 Å². The first-order valence-electron chi connectivity index (χ1n) is 5.69. The molecule has 2 N–H and O–H groups in total. The van der Waals surface area contributed by atoms with Crippen LogP contribution < -0.4 is 10.6 Å². The summed E-state index contributed by atoms with van der Waals surface area (Å²) in [6.07, 6.45) is 1.50. The van der Waals surface area contributed by atoms with E-state index in [1.165, 1.54) is 6.33 Å². The van der Waals surface area contributed by atoms with Gasteiger partial charge in [-0.15, -0.1) is 11.6 Å². The van der Waals surface area contributed by atoms with Crippen molar-refractivity contribution in [3.63, 3.8) is 0 Å². The van der Waals surface area contributed by atoms with E-state index in [1.807, 2.05) is 31.2 Å². The molecular weight excluding hydrogens is 264 g/mol. The van der Waals surface area contributed by atoms with Gasteiger partial charge in [0, 0.05) is 23.1 Å². The summed E-state index contributed by atoms with van der Waals surface area (Å²) in [5, 5.41) is 5.83. The van der Waals surface area contributed by atoms with Gasteiger partial charge in [0.05, 0.1) is 0 Å². The van der Waals surface area contributed by atoms with Gasteiger partial charge in [0.25, 0.3) is 0 Å². The van der Waals surface area contributed by atoms with Crippen LogP contribution in [0.15, 0.2) is 36.7 Å². The molecule has 1 aromatic heterocycles. The minimum atomic E-state index is -0.239. The van der Waals surface area contributed by atoms with Gasteiger partial charge in [-0.05, 0) is 25.1 Å². The van der Waals surface area contributed by atoms with Crippen molar-refractivity contribution in [3.05, 3.63) is 42.4 Å². The number of amides is 1. The average molecular weight is 277 g/mol. The van der Waals surface area contributed by atoms with Crippen LogP contribution in [0.2, 0.25) is 0 Å². The summed E-state index contributed by atoms with van der Waals surface area (Å²) in [6, 6.07) is 9.15. The summed E-state index contributed by atoms with van der Waals surface area (Å²) >= 11 is 5.44. The second-order valence-electron chi connectivity index (χ2n) is 3.93. The lowest BCUT2D eigenvalue weighted by molar-refractivity contribution is -0.113. The van der Waals surface area contributed by atoms with E-state index in [0.29, 0.717) is 11.5 Å². The normalized spacial score (nSPS) is 10.0. The van der Waals surface area contributed by atoms with Gasteiger partial charge in [0.2, 0.25) is 5.91 Å². The van der Waals surface area contributed by atoms with Crippen molar-refractivity contribution in [1.29, 1.82) is 0 Å². The predicted molar refractivity (Wildman–Crippen MR) is 75.8 cm³/mol. The number of aryl methyl sites for hydroxylation is 1. The minimum absolute atomic E-state index is 0.0667. The molecule has 19 heavy (non-hydrogen) atoms. The fourth-order valence-corrected chi connectivity index (χ4v) is 1.61. The number of hydrogen-bond donors (Lipinski definition) is 2. The van der Waals surface area contributed by atoms with Crippen molar-refractivity contribution in [2.24, 2.45) is 0 Å². The molecule has 0 saturated heterocycles. The van der Waals surface area contributed by atoms with E-state index < -0.39 is 0 Å². The molecule has 0 radical (unpaired) electrons. The Balaban J connectivity index is 2.13. The smallest absolute Gasteiger partial charge is 0.239 e. The van der Waals surface area contributed by atoms with E-state index in [-0.39, 0.29) is 11.8 Å². The number of halogens is 1. The van der Waals surface area contributed by atoms with Gasteiger partial charge in [0.15, 0.2) is 0 Å². The molecule has 0 aliphatic carbocycles. The number of rotatable bonds is 4. The second kappa shape index (κ2) is 6.15. The topological polar surface area (TPSA) is 66.9 Å². The van der Waals surface area contributed by atoms with Crippen LogP contribution in [0.25, 0.3) is 0 Å². The van der Waals surface area contributed by atoms with Crippen LogP contribution in [0.4, 0.5) is 17.2 Å². The zero-order valence-electron chi connectivity index (χ0n) is 10.4. The van der Waals surface area contributed by atoms with Crippen molar-refractivity contribution in [3.8, 4) is 0 Å². The van der Waals surface area contributed by atoms with Crippen LogP contribution >= 0.6 is 11.6 Å². The van der Waals surface area contributed by atoms with Crippen LogP contribution in [0, 0.1) is 6.92 Å². The molecule has 0 atom stereocenters. The highest BCUT2D eigenvalue weighted by atomic mass is 35.5. The molecule has 1 heterocycles. The Labute approximate surface area is 116 Å². The summed E-state index contributed by atoms with van der Waals surface area (Å²) in [5.74, 6) is 0.396. The van der Waals surface area contributed by atoms with E-state index in [0.717, 1.165) is 11.4 Å². The van der Waals surface area contributed by atoms with Crippen LogP contribution in [-0.2, 0) is 4.79 Å². The van der Waals surface area contributed by atoms with Gasteiger partial charge in [-0.2, -0.15) is 0 Å². The number of alkyl halides is 1. The lowest BCUT2D eigenvalue weighted by atomic mass is 10.2. The number of anilines is 3. The zero-order valence-corrected chi connectivity index (χ0v) is 11.1. The third-order valence-electron chi connectivity index (χ3n) is 2.34. The molecule has 6 heteroatoms. The van der Waals surface area contributed by atoms with Crippen molar-refractivity contribution >= 4 is 34.7 Å². The standard InChI is InChI=1S/C13H13ClN4O/c1-9-5-12(16-8-15-9)17-10-3-2-4-11(6-10)18-13(19)7-14/h2-6,8H,7H2,1H3,(H,18,19)(H,15,16,17). The van der Waals surface area contributed by atoms with Crippen LogP contribution in [0.5, 0.6) is 0 Å². The second-order valence-corrected chi connectivity index (χ2v) is 4.20. The first-order chi connectivity index (χ1) is 9.17. The van der Waals surface area contributed by atoms with Gasteiger partial charge in [-0.25, -0.2) is 9.97 Å². The molecule has 0 fully saturated rings. The summed E-state index contributed by atoms with van der Waals surface area (Å²) in [7, 11) is 0. The number of carbonyl (C=O) groups is 1. The molecule has 0 spiro atoms. The predicted octanol–water partition coefficient (Wildman–Crippen LogP) is 2.71. The quantitative estimate of drug-likeness (QED) is 0.843. The Bertz CT molecular complexity index is 588. The Morgan fingerprint density at radius 3 is 2.79 bits per heavy atom. The highest BCUT2D eigenvalue weighted by molar-refractivity contribution is 6.29. The van der Waals surface area contributed by atoms with Crippen molar-refractivity contribution in [2.75, 3.05) is 16.5 Å². The lowest BCUT2D eigenvalue weighted by Crippen LogP contribution is -2.12. The summed E-state index contributed by atoms with van der Waals surface area (Å²) in [4.78, 5) is 19.3. The fraction of sp³-hybridized carbons (Fsp3) is 0.154. The zero-order chi connectivity index (χ0) is 13.7. The number of carbonyl (C=O) groups excluding carboxylic acids is 1. The number of benzene rings is 1.